The van der Waals surface area contributed by atoms with Gasteiger partial charge in [-0.25, -0.2) is 4.79 Å². The van der Waals surface area contributed by atoms with Gasteiger partial charge in [-0.1, -0.05) is 6.92 Å². The molecule has 0 fully saturated rings. The maximum absolute atomic E-state index is 14.4. The zero-order valence-corrected chi connectivity index (χ0v) is 28.1. The Morgan fingerprint density at radius 1 is 1.09 bits per heavy atom. The third kappa shape index (κ3) is 10.7. The smallest absolute Gasteiger partial charge is 0.323 e. The molecular formula is C36H49N5O6. The molecule has 0 aliphatic carbocycles. The lowest BCUT2D eigenvalue weighted by atomic mass is 10.0. The van der Waals surface area contributed by atoms with Gasteiger partial charge in [-0.3, -0.25) is 14.7 Å². The Kier molecular flexibility index (Phi) is 13.4. The fraction of sp³-hybridized carbons (Fsp3) is 0.472. The van der Waals surface area contributed by atoms with Gasteiger partial charge in [0.1, 0.15) is 11.5 Å². The Bertz CT molecular complexity index is 1420. The minimum absolute atomic E-state index is 0.0457. The van der Waals surface area contributed by atoms with Crippen LogP contribution in [0.2, 0.25) is 0 Å². The van der Waals surface area contributed by atoms with E-state index < -0.39 is 12.1 Å². The summed E-state index contributed by atoms with van der Waals surface area (Å²) in [5, 5.41) is 15.9. The Balaban J connectivity index is 1.57. The third-order valence-electron chi connectivity index (χ3n) is 8.35. The van der Waals surface area contributed by atoms with Crippen molar-refractivity contribution < 1.29 is 28.9 Å². The number of ether oxygens (including phenoxy) is 3. The number of carbonyl (C=O) groups is 2. The van der Waals surface area contributed by atoms with E-state index in [1.807, 2.05) is 26.0 Å². The minimum atomic E-state index is -0.465. The number of hydrogen-bond acceptors (Lipinski definition) is 8. The van der Waals surface area contributed by atoms with Gasteiger partial charge < -0.3 is 34.9 Å². The average molecular weight is 648 g/mol. The van der Waals surface area contributed by atoms with Crippen LogP contribution in [0.5, 0.6) is 11.5 Å². The van der Waals surface area contributed by atoms with Crippen LogP contribution in [0.4, 0.5) is 16.2 Å². The number of aromatic nitrogens is 1. The molecule has 4 rings (SSSR count). The van der Waals surface area contributed by atoms with Gasteiger partial charge >= 0.3 is 6.03 Å². The van der Waals surface area contributed by atoms with Gasteiger partial charge in [0, 0.05) is 55.9 Å². The fourth-order valence-electron chi connectivity index (χ4n) is 5.60. The number of benzene rings is 2. The molecule has 2 heterocycles. The van der Waals surface area contributed by atoms with E-state index in [4.69, 9.17) is 14.2 Å². The molecule has 3 aromatic rings. The molecule has 2 aromatic carbocycles. The summed E-state index contributed by atoms with van der Waals surface area (Å²) >= 11 is 0. The van der Waals surface area contributed by atoms with E-state index >= 15 is 0 Å². The van der Waals surface area contributed by atoms with Crippen molar-refractivity contribution in [2.24, 2.45) is 5.92 Å². The first kappa shape index (κ1) is 35.7. The number of anilines is 2. The average Bonchev–Trinajstić information content (AvgIpc) is 3.06. The first-order valence-corrected chi connectivity index (χ1v) is 16.3. The Morgan fingerprint density at radius 2 is 1.79 bits per heavy atom. The van der Waals surface area contributed by atoms with Crippen LogP contribution in [0.3, 0.4) is 0 Å². The second kappa shape index (κ2) is 17.7. The van der Waals surface area contributed by atoms with Crippen LogP contribution in [0.25, 0.3) is 0 Å². The number of aliphatic hydroxyl groups excluding tert-OH is 1. The van der Waals surface area contributed by atoms with Gasteiger partial charge in [-0.15, -0.1) is 0 Å². The molecule has 0 saturated heterocycles. The summed E-state index contributed by atoms with van der Waals surface area (Å²) < 4.78 is 18.0. The molecule has 1 aliphatic rings. The minimum Gasteiger partial charge on any atom is -0.497 e. The lowest BCUT2D eigenvalue weighted by Gasteiger charge is -2.36. The number of rotatable bonds is 9. The van der Waals surface area contributed by atoms with Crippen molar-refractivity contribution in [2.45, 2.75) is 64.8 Å². The van der Waals surface area contributed by atoms with Crippen molar-refractivity contribution >= 4 is 23.3 Å². The van der Waals surface area contributed by atoms with Crippen molar-refractivity contribution in [3.05, 3.63) is 78.1 Å². The second-order valence-electron chi connectivity index (χ2n) is 12.4. The van der Waals surface area contributed by atoms with Crippen LogP contribution >= 0.6 is 0 Å². The molecule has 0 bridgehead atoms. The van der Waals surface area contributed by atoms with Crippen molar-refractivity contribution in [2.75, 3.05) is 51.1 Å². The van der Waals surface area contributed by atoms with Crippen molar-refractivity contribution in [1.82, 2.24) is 14.8 Å². The topological polar surface area (TPSA) is 125 Å². The summed E-state index contributed by atoms with van der Waals surface area (Å²) in [5.74, 6) is 0.783. The monoisotopic (exact) mass is 647 g/mol. The Hall–Kier alpha value is -4.19. The second-order valence-corrected chi connectivity index (χ2v) is 12.4. The molecular weight excluding hydrogens is 598 g/mol. The number of carbonyl (C=O) groups excluding carboxylic acids is 2. The summed E-state index contributed by atoms with van der Waals surface area (Å²) in [4.78, 5) is 35.3. The molecule has 3 N–H and O–H groups in total. The number of fused-ring (bicyclic) bond motifs is 1. The highest BCUT2D eigenvalue weighted by Gasteiger charge is 2.30. The lowest BCUT2D eigenvalue weighted by molar-refractivity contribution is -0.0177. The highest BCUT2D eigenvalue weighted by atomic mass is 16.5. The SMILES string of the molecule is COc1ccc(NC(=O)Nc2ccc3c(c2)C(=O)N([C@H](C)CO)C[C@H](C)[C@H](CN(C)Cc2ccncc2)OCCCC[C@@H](C)O3)cc1. The first-order valence-electron chi connectivity index (χ1n) is 16.3. The maximum Gasteiger partial charge on any atom is 0.323 e. The van der Waals surface area contributed by atoms with Crippen LogP contribution in [0.15, 0.2) is 67.0 Å². The van der Waals surface area contributed by atoms with Crippen LogP contribution in [0.1, 0.15) is 56.0 Å². The van der Waals surface area contributed by atoms with Crippen LogP contribution < -0.4 is 20.1 Å². The number of amides is 3. The van der Waals surface area contributed by atoms with Crippen molar-refractivity contribution in [1.29, 1.82) is 0 Å². The summed E-state index contributed by atoms with van der Waals surface area (Å²) in [6.07, 6.45) is 5.89. The molecule has 0 spiro atoms. The van der Waals surface area contributed by atoms with Gasteiger partial charge in [-0.2, -0.15) is 0 Å². The molecule has 254 valence electrons. The Labute approximate surface area is 278 Å². The number of nitrogens with one attached hydrogen (secondary N) is 2. The van der Waals surface area contributed by atoms with E-state index in [0.29, 0.717) is 48.1 Å². The van der Waals surface area contributed by atoms with E-state index in [9.17, 15) is 14.7 Å². The predicted octanol–water partition coefficient (Wildman–Crippen LogP) is 5.66. The van der Waals surface area contributed by atoms with E-state index in [1.165, 1.54) is 0 Å². The summed E-state index contributed by atoms with van der Waals surface area (Å²) in [7, 11) is 3.64. The summed E-state index contributed by atoms with van der Waals surface area (Å²) in [6.45, 7) is 8.08. The molecule has 11 nitrogen and oxygen atoms in total. The van der Waals surface area contributed by atoms with Gasteiger partial charge in [0.2, 0.25) is 0 Å². The largest absolute Gasteiger partial charge is 0.497 e. The Morgan fingerprint density at radius 3 is 2.49 bits per heavy atom. The number of urea groups is 1. The lowest BCUT2D eigenvalue weighted by Crippen LogP contribution is -2.47. The normalized spacial score (nSPS) is 20.0. The molecule has 4 atom stereocenters. The number of aliphatic hydroxyl groups is 1. The quantitative estimate of drug-likeness (QED) is 0.272. The number of nitrogens with zero attached hydrogens (tertiary/aromatic N) is 3. The van der Waals surface area contributed by atoms with Gasteiger partial charge in [0.15, 0.2) is 0 Å². The highest BCUT2D eigenvalue weighted by Crippen LogP contribution is 2.29. The van der Waals surface area contributed by atoms with Crippen LogP contribution in [0, 0.1) is 5.92 Å². The van der Waals surface area contributed by atoms with E-state index in [2.05, 4.69) is 34.5 Å². The fourth-order valence-corrected chi connectivity index (χ4v) is 5.60. The zero-order valence-electron chi connectivity index (χ0n) is 28.1. The maximum atomic E-state index is 14.4. The summed E-state index contributed by atoms with van der Waals surface area (Å²) in [5.41, 5.74) is 2.50. The van der Waals surface area contributed by atoms with Crippen LogP contribution in [-0.4, -0.2) is 90.5 Å². The molecule has 11 heteroatoms. The number of methoxy groups -OCH3 is 1. The molecule has 0 saturated carbocycles. The van der Waals surface area contributed by atoms with E-state index in [0.717, 1.165) is 31.4 Å². The number of likely N-dealkylation sites (N-methyl/N-ethyl adjacent to an activating group) is 1. The van der Waals surface area contributed by atoms with Gasteiger partial charge in [-0.05, 0) is 100 Å². The predicted molar refractivity (Wildman–Crippen MR) is 183 cm³/mol. The number of hydrogen-bond donors (Lipinski definition) is 3. The standard InChI is InChI=1S/C36H49N5O6/c1-25-21-41(26(2)24-42)35(43)32-20-30(39-36(44)38-29-9-12-31(45-5)13-10-29)11-14-33(32)47-27(3)8-6-7-19-46-34(25)23-40(4)22-28-15-17-37-18-16-28/h9-18,20,25-27,34,42H,6-8,19,21-24H2,1-5H3,(H2,38,39,44)/t25-,26+,27+,34-/m0/s1. The zero-order chi connectivity index (χ0) is 33.8. The highest BCUT2D eigenvalue weighted by molar-refractivity contribution is 6.02. The number of pyridine rings is 1. The molecule has 47 heavy (non-hydrogen) atoms. The molecule has 3 amide bonds. The molecule has 0 radical (unpaired) electrons. The van der Waals surface area contributed by atoms with Crippen molar-refractivity contribution in [3.8, 4) is 11.5 Å². The molecule has 1 aromatic heterocycles. The van der Waals surface area contributed by atoms with Gasteiger partial charge in [0.05, 0.1) is 37.5 Å². The summed E-state index contributed by atoms with van der Waals surface area (Å²) in [6, 6.07) is 15.2. The molecule has 1 aliphatic heterocycles. The van der Waals surface area contributed by atoms with Gasteiger partial charge in [0.25, 0.3) is 5.91 Å². The van der Waals surface area contributed by atoms with Crippen LogP contribution in [-0.2, 0) is 11.3 Å². The van der Waals surface area contributed by atoms with E-state index in [1.54, 1.807) is 66.9 Å². The molecule has 0 unspecified atom stereocenters. The van der Waals surface area contributed by atoms with E-state index in [-0.39, 0.29) is 30.6 Å². The first-order chi connectivity index (χ1) is 22.7. The van der Waals surface area contributed by atoms with Crippen molar-refractivity contribution in [3.63, 3.8) is 0 Å². The third-order valence-corrected chi connectivity index (χ3v) is 8.35.